The van der Waals surface area contributed by atoms with E-state index >= 15 is 0 Å². The smallest absolute Gasteiger partial charge is 0.166 e. The van der Waals surface area contributed by atoms with Crippen molar-refractivity contribution < 1.29 is 13.5 Å². The van der Waals surface area contributed by atoms with E-state index in [9.17, 15) is 8.78 Å². The second-order valence-corrected chi connectivity index (χ2v) is 4.01. The van der Waals surface area contributed by atoms with Crippen LogP contribution in [0, 0.1) is 23.0 Å². The summed E-state index contributed by atoms with van der Waals surface area (Å²) >= 11 is 2.88. The molecule has 0 saturated carbocycles. The Balaban J connectivity index is 2.48. The van der Waals surface area contributed by atoms with Crippen LogP contribution in [0.1, 0.15) is 19.3 Å². The highest BCUT2D eigenvalue weighted by Crippen LogP contribution is 2.25. The summed E-state index contributed by atoms with van der Waals surface area (Å²) < 4.78 is 31.4. The number of halogens is 3. The number of hydrogen-bond donors (Lipinski definition) is 0. The van der Waals surface area contributed by atoms with E-state index in [0.29, 0.717) is 19.3 Å². The van der Waals surface area contributed by atoms with Crippen LogP contribution in [0.4, 0.5) is 8.78 Å². The molecule has 0 radical (unpaired) electrons. The summed E-state index contributed by atoms with van der Waals surface area (Å²) in [4.78, 5) is 0. The highest BCUT2D eigenvalue weighted by Gasteiger charge is 2.08. The summed E-state index contributed by atoms with van der Waals surface area (Å²) in [5.41, 5.74) is 0. The Kier molecular flexibility index (Phi) is 5.20. The first-order chi connectivity index (χ1) is 7.65. The van der Waals surface area contributed by atoms with Gasteiger partial charge in [-0.05, 0) is 34.8 Å². The lowest BCUT2D eigenvalue weighted by atomic mass is 10.2. The van der Waals surface area contributed by atoms with Gasteiger partial charge in [0.05, 0.1) is 17.1 Å². The van der Waals surface area contributed by atoms with Gasteiger partial charge in [-0.25, -0.2) is 8.78 Å². The Bertz CT molecular complexity index is 404. The molecule has 5 heteroatoms. The minimum absolute atomic E-state index is 0.0711. The topological polar surface area (TPSA) is 33.0 Å². The summed E-state index contributed by atoms with van der Waals surface area (Å²) in [6, 6.07) is 4.03. The third-order valence-corrected chi connectivity index (χ3v) is 2.52. The van der Waals surface area contributed by atoms with E-state index in [1.165, 1.54) is 0 Å². The molecule has 0 bridgehead atoms. The van der Waals surface area contributed by atoms with E-state index in [0.717, 1.165) is 12.1 Å². The van der Waals surface area contributed by atoms with Crippen LogP contribution in [0.2, 0.25) is 0 Å². The Morgan fingerprint density at radius 1 is 1.25 bits per heavy atom. The summed E-state index contributed by atoms with van der Waals surface area (Å²) in [5.74, 6) is -1.26. The Labute approximate surface area is 101 Å². The van der Waals surface area contributed by atoms with Gasteiger partial charge >= 0.3 is 0 Å². The molecule has 0 aliphatic carbocycles. The van der Waals surface area contributed by atoms with Gasteiger partial charge in [-0.2, -0.15) is 5.26 Å². The highest BCUT2D eigenvalue weighted by atomic mass is 79.9. The molecule has 0 aliphatic rings. The maximum Gasteiger partial charge on any atom is 0.166 e. The third-order valence-electron chi connectivity index (χ3n) is 1.92. The van der Waals surface area contributed by atoms with Crippen LogP contribution in [-0.2, 0) is 0 Å². The number of rotatable bonds is 5. The normalized spacial score (nSPS) is 9.88. The van der Waals surface area contributed by atoms with Crippen LogP contribution >= 0.6 is 15.9 Å². The lowest BCUT2D eigenvalue weighted by molar-refractivity contribution is 0.290. The zero-order chi connectivity index (χ0) is 12.0. The zero-order valence-corrected chi connectivity index (χ0v) is 10.1. The molecule has 0 fully saturated rings. The van der Waals surface area contributed by atoms with Crippen LogP contribution in [0.15, 0.2) is 16.6 Å². The van der Waals surface area contributed by atoms with Gasteiger partial charge in [0, 0.05) is 12.5 Å². The molecule has 86 valence electrons. The number of ether oxygens (including phenoxy) is 1. The molecule has 0 aliphatic heterocycles. The highest BCUT2D eigenvalue weighted by molar-refractivity contribution is 9.10. The van der Waals surface area contributed by atoms with Crippen molar-refractivity contribution in [1.82, 2.24) is 0 Å². The van der Waals surface area contributed by atoms with E-state index in [4.69, 9.17) is 10.00 Å². The summed E-state index contributed by atoms with van der Waals surface area (Å²) in [6.45, 7) is 0.277. The van der Waals surface area contributed by atoms with Crippen molar-refractivity contribution >= 4 is 15.9 Å². The molecule has 0 aromatic heterocycles. The van der Waals surface area contributed by atoms with Crippen molar-refractivity contribution in [2.75, 3.05) is 6.61 Å². The van der Waals surface area contributed by atoms with Crippen molar-refractivity contribution in [3.63, 3.8) is 0 Å². The lowest BCUT2D eigenvalue weighted by Gasteiger charge is -2.07. The van der Waals surface area contributed by atoms with Crippen molar-refractivity contribution in [1.29, 1.82) is 5.26 Å². The Hall–Kier alpha value is -1.15. The fourth-order valence-electron chi connectivity index (χ4n) is 1.10. The average molecular weight is 290 g/mol. The van der Waals surface area contributed by atoms with Gasteiger partial charge in [0.15, 0.2) is 11.6 Å². The standard InChI is InChI=1S/C11H10BrF2NO/c12-8-6-10(14)11(7-9(8)13)16-5-3-1-2-4-15/h6-7H,1-3,5H2. The van der Waals surface area contributed by atoms with Crippen molar-refractivity contribution in [3.8, 4) is 11.8 Å². The summed E-state index contributed by atoms with van der Waals surface area (Å²) in [7, 11) is 0. The van der Waals surface area contributed by atoms with Gasteiger partial charge in [-0.1, -0.05) is 0 Å². The zero-order valence-electron chi connectivity index (χ0n) is 8.47. The fourth-order valence-corrected chi connectivity index (χ4v) is 1.42. The van der Waals surface area contributed by atoms with Gasteiger partial charge in [0.1, 0.15) is 5.82 Å². The number of nitrogens with zero attached hydrogens (tertiary/aromatic N) is 1. The second kappa shape index (κ2) is 6.44. The van der Waals surface area contributed by atoms with Crippen molar-refractivity contribution in [3.05, 3.63) is 28.2 Å². The molecule has 2 nitrogen and oxygen atoms in total. The molecule has 0 unspecified atom stereocenters. The monoisotopic (exact) mass is 289 g/mol. The molecule has 16 heavy (non-hydrogen) atoms. The van der Waals surface area contributed by atoms with Crippen LogP contribution in [0.5, 0.6) is 5.75 Å². The Morgan fingerprint density at radius 3 is 2.69 bits per heavy atom. The molecular weight excluding hydrogens is 280 g/mol. The maximum atomic E-state index is 13.2. The average Bonchev–Trinajstić information content (AvgIpc) is 2.25. The van der Waals surface area contributed by atoms with Crippen LogP contribution in [-0.4, -0.2) is 6.61 Å². The molecule has 0 heterocycles. The number of hydrogen-bond acceptors (Lipinski definition) is 2. The summed E-state index contributed by atoms with van der Waals surface area (Å²) in [5, 5.41) is 8.29. The van der Waals surface area contributed by atoms with Crippen molar-refractivity contribution in [2.24, 2.45) is 0 Å². The molecular formula is C11H10BrF2NO. The quantitative estimate of drug-likeness (QED) is 0.610. The van der Waals surface area contributed by atoms with E-state index in [-0.39, 0.29) is 16.8 Å². The summed E-state index contributed by atoms with van der Waals surface area (Å²) in [6.07, 6.45) is 1.78. The first-order valence-corrected chi connectivity index (χ1v) is 5.58. The van der Waals surface area contributed by atoms with E-state index in [1.54, 1.807) is 0 Å². The van der Waals surface area contributed by atoms with Gasteiger partial charge in [0.2, 0.25) is 0 Å². The predicted octanol–water partition coefficient (Wildman–Crippen LogP) is 3.80. The lowest BCUT2D eigenvalue weighted by Crippen LogP contribution is -2.00. The molecule has 1 aromatic rings. The van der Waals surface area contributed by atoms with E-state index in [2.05, 4.69) is 15.9 Å². The van der Waals surface area contributed by atoms with E-state index in [1.807, 2.05) is 6.07 Å². The molecule has 0 amide bonds. The number of nitriles is 1. The van der Waals surface area contributed by atoms with Crippen molar-refractivity contribution in [2.45, 2.75) is 19.3 Å². The molecule has 0 spiro atoms. The largest absolute Gasteiger partial charge is 0.490 e. The SMILES string of the molecule is N#CCCCCOc1cc(F)c(Br)cc1F. The minimum atomic E-state index is -0.603. The van der Waals surface area contributed by atoms with Crippen LogP contribution in [0.25, 0.3) is 0 Å². The first kappa shape index (κ1) is 12.9. The van der Waals surface area contributed by atoms with Gasteiger partial charge in [0.25, 0.3) is 0 Å². The van der Waals surface area contributed by atoms with Gasteiger partial charge in [-0.3, -0.25) is 0 Å². The van der Waals surface area contributed by atoms with E-state index < -0.39 is 11.6 Å². The molecule has 0 atom stereocenters. The predicted molar refractivity (Wildman–Crippen MR) is 59.0 cm³/mol. The van der Waals surface area contributed by atoms with Crippen LogP contribution < -0.4 is 4.74 Å². The molecule has 1 aromatic carbocycles. The minimum Gasteiger partial charge on any atom is -0.490 e. The molecule has 0 N–H and O–H groups in total. The Morgan fingerprint density at radius 2 is 2.00 bits per heavy atom. The first-order valence-electron chi connectivity index (χ1n) is 4.79. The second-order valence-electron chi connectivity index (χ2n) is 3.16. The molecule has 0 saturated heterocycles. The fraction of sp³-hybridized carbons (Fsp3) is 0.364. The van der Waals surface area contributed by atoms with Gasteiger partial charge < -0.3 is 4.74 Å². The third kappa shape index (κ3) is 3.78. The maximum absolute atomic E-state index is 13.2. The number of unbranched alkanes of at least 4 members (excludes halogenated alkanes) is 2. The van der Waals surface area contributed by atoms with Crippen LogP contribution in [0.3, 0.4) is 0 Å². The van der Waals surface area contributed by atoms with Gasteiger partial charge in [-0.15, -0.1) is 0 Å². The number of benzene rings is 1. The molecule has 1 rings (SSSR count).